The summed E-state index contributed by atoms with van der Waals surface area (Å²) in [5, 5.41) is 0.858. The first-order valence-corrected chi connectivity index (χ1v) is 17.1. The molecular formula is C35H27Br2ClN2O5. The maximum Gasteiger partial charge on any atom is 0.339 e. The number of halogens is 3. The number of imide groups is 1. The van der Waals surface area contributed by atoms with Crippen molar-refractivity contribution in [3.8, 4) is 11.3 Å². The van der Waals surface area contributed by atoms with Gasteiger partial charge < -0.3 is 4.74 Å². The van der Waals surface area contributed by atoms with E-state index in [1.807, 2.05) is 6.07 Å². The molecule has 2 bridgehead atoms. The monoisotopic (exact) mass is 748 g/mol. The second-order valence-corrected chi connectivity index (χ2v) is 14.3. The summed E-state index contributed by atoms with van der Waals surface area (Å²) in [6.45, 7) is 1.79. The maximum atomic E-state index is 13.6. The molecule has 2 aliphatic carbocycles. The van der Waals surface area contributed by atoms with Crippen molar-refractivity contribution < 1.29 is 23.9 Å². The Kier molecular flexibility index (Phi) is 7.90. The van der Waals surface area contributed by atoms with E-state index >= 15 is 0 Å². The first-order valence-electron chi connectivity index (χ1n) is 14.9. The van der Waals surface area contributed by atoms with Crippen molar-refractivity contribution in [1.82, 2.24) is 4.98 Å². The van der Waals surface area contributed by atoms with Gasteiger partial charge in [0.15, 0.2) is 6.10 Å². The zero-order chi connectivity index (χ0) is 31.6. The van der Waals surface area contributed by atoms with Crippen molar-refractivity contribution in [1.29, 1.82) is 0 Å². The molecule has 2 heterocycles. The fourth-order valence-corrected chi connectivity index (χ4v) is 9.31. The van der Waals surface area contributed by atoms with Gasteiger partial charge in [0.2, 0.25) is 17.6 Å². The minimum Gasteiger partial charge on any atom is -0.450 e. The summed E-state index contributed by atoms with van der Waals surface area (Å²) in [7, 11) is 0. The van der Waals surface area contributed by atoms with Gasteiger partial charge in [-0.1, -0.05) is 105 Å². The van der Waals surface area contributed by atoms with Crippen LogP contribution in [0.3, 0.4) is 0 Å². The number of ketones is 1. The number of pyridine rings is 1. The van der Waals surface area contributed by atoms with Gasteiger partial charge in [0.1, 0.15) is 0 Å². The lowest BCUT2D eigenvalue weighted by Gasteiger charge is -2.28. The molecule has 0 spiro atoms. The molecule has 45 heavy (non-hydrogen) atoms. The number of para-hydroxylation sites is 1. The average Bonchev–Trinajstić information content (AvgIpc) is 3.68. The highest BCUT2D eigenvalue weighted by Crippen LogP contribution is 2.60. The van der Waals surface area contributed by atoms with Crippen LogP contribution in [0.1, 0.15) is 40.5 Å². The van der Waals surface area contributed by atoms with Gasteiger partial charge in [0.05, 0.1) is 39.3 Å². The molecule has 1 saturated heterocycles. The van der Waals surface area contributed by atoms with E-state index in [1.54, 1.807) is 79.7 Å². The fourth-order valence-electron chi connectivity index (χ4n) is 7.22. The van der Waals surface area contributed by atoms with Crippen LogP contribution in [0.5, 0.6) is 0 Å². The van der Waals surface area contributed by atoms with E-state index in [0.29, 0.717) is 44.9 Å². The van der Waals surface area contributed by atoms with Crippen LogP contribution < -0.4 is 4.90 Å². The van der Waals surface area contributed by atoms with E-state index in [2.05, 4.69) is 31.9 Å². The molecule has 7 rings (SSSR count). The lowest BCUT2D eigenvalue weighted by atomic mass is 9.81. The highest BCUT2D eigenvalue weighted by atomic mass is 79.9. The Balaban J connectivity index is 1.19. The molecule has 2 saturated carbocycles. The number of fused-ring (bicyclic) bond motifs is 6. The third-order valence-corrected chi connectivity index (χ3v) is 12.9. The number of carbonyl (C=O) groups excluding carboxylic acids is 4. The van der Waals surface area contributed by atoms with Crippen molar-refractivity contribution >= 4 is 83.6 Å². The molecule has 3 aliphatic rings. The summed E-state index contributed by atoms with van der Waals surface area (Å²) in [5.74, 6) is -1.59. The maximum absolute atomic E-state index is 13.6. The topological polar surface area (TPSA) is 93.6 Å². The molecule has 0 N–H and O–H groups in total. The Bertz CT molecular complexity index is 1840. The number of benzene rings is 3. The Labute approximate surface area is 281 Å². The summed E-state index contributed by atoms with van der Waals surface area (Å²) in [6, 6.07) is 22.5. The number of nitrogens with zero attached hydrogens (tertiary/aromatic N) is 2. The molecule has 1 aliphatic heterocycles. The van der Waals surface area contributed by atoms with Crippen LogP contribution in [0, 0.1) is 23.7 Å². The van der Waals surface area contributed by atoms with E-state index in [4.69, 9.17) is 21.3 Å². The van der Waals surface area contributed by atoms with E-state index in [-0.39, 0.29) is 56.5 Å². The molecule has 10 heteroatoms. The Morgan fingerprint density at radius 3 is 2.20 bits per heavy atom. The van der Waals surface area contributed by atoms with Crippen molar-refractivity contribution in [2.45, 2.75) is 35.5 Å². The molecule has 7 unspecified atom stereocenters. The fraction of sp³-hybridized carbons (Fsp3) is 0.286. The summed E-state index contributed by atoms with van der Waals surface area (Å²) in [4.78, 5) is 60.2. The molecule has 0 radical (unpaired) electrons. The predicted octanol–water partition coefficient (Wildman–Crippen LogP) is 7.66. The largest absolute Gasteiger partial charge is 0.450 e. The molecule has 228 valence electrons. The molecule has 4 aromatic rings. The van der Waals surface area contributed by atoms with Gasteiger partial charge in [-0.15, -0.1) is 0 Å². The van der Waals surface area contributed by atoms with Crippen molar-refractivity contribution in [2.75, 3.05) is 4.90 Å². The first-order chi connectivity index (χ1) is 21.7. The minimum atomic E-state index is -0.963. The van der Waals surface area contributed by atoms with Gasteiger partial charge in [-0.25, -0.2) is 9.78 Å². The van der Waals surface area contributed by atoms with E-state index in [0.717, 1.165) is 6.42 Å². The normalized spacial score (nSPS) is 25.9. The number of aromatic nitrogens is 1. The summed E-state index contributed by atoms with van der Waals surface area (Å²) in [5.41, 5.74) is 2.71. The van der Waals surface area contributed by atoms with E-state index in [1.165, 1.54) is 4.90 Å². The van der Waals surface area contributed by atoms with Crippen molar-refractivity contribution in [3.05, 3.63) is 95.0 Å². The number of hydrogen-bond donors (Lipinski definition) is 0. The van der Waals surface area contributed by atoms with Crippen LogP contribution in [-0.2, 0) is 14.3 Å². The smallest absolute Gasteiger partial charge is 0.339 e. The van der Waals surface area contributed by atoms with Gasteiger partial charge in [0, 0.05) is 26.2 Å². The molecule has 2 amide bonds. The predicted molar refractivity (Wildman–Crippen MR) is 179 cm³/mol. The van der Waals surface area contributed by atoms with Gasteiger partial charge in [-0.2, -0.15) is 0 Å². The zero-order valence-electron chi connectivity index (χ0n) is 24.0. The number of esters is 1. The molecule has 7 nitrogen and oxygen atoms in total. The van der Waals surface area contributed by atoms with Gasteiger partial charge in [0.25, 0.3) is 0 Å². The SMILES string of the molecule is CCC(OC(=O)c1cc(-c2ccc(N3C(=O)C4C5CC(C(Br)C5Br)C4C3=O)cc2)nc2c(Cl)cccc12)C(=O)c1ccccc1. The lowest BCUT2D eigenvalue weighted by Crippen LogP contribution is -2.37. The third kappa shape index (κ3) is 4.95. The number of anilines is 1. The molecular weight excluding hydrogens is 724 g/mol. The van der Waals surface area contributed by atoms with E-state index in [9.17, 15) is 19.2 Å². The number of rotatable bonds is 7. The number of amides is 2. The van der Waals surface area contributed by atoms with Crippen LogP contribution in [0.2, 0.25) is 5.02 Å². The summed E-state index contributed by atoms with van der Waals surface area (Å²) >= 11 is 14.0. The molecule has 3 fully saturated rings. The summed E-state index contributed by atoms with van der Waals surface area (Å²) < 4.78 is 5.78. The Hall–Kier alpha value is -3.40. The highest BCUT2D eigenvalue weighted by Gasteiger charge is 2.66. The number of carbonyl (C=O) groups is 4. The number of Topliss-reactive ketones (excluding diaryl/α,β-unsaturated/α-hetero) is 1. The average molecular weight is 751 g/mol. The van der Waals surface area contributed by atoms with Crippen molar-refractivity contribution in [3.63, 3.8) is 0 Å². The number of hydrogen-bond acceptors (Lipinski definition) is 6. The molecule has 7 atom stereocenters. The quantitative estimate of drug-likeness (QED) is 0.0834. The van der Waals surface area contributed by atoms with Crippen LogP contribution in [0.4, 0.5) is 5.69 Å². The van der Waals surface area contributed by atoms with Gasteiger partial charge >= 0.3 is 5.97 Å². The van der Waals surface area contributed by atoms with Crippen LogP contribution >= 0.6 is 43.5 Å². The third-order valence-electron chi connectivity index (χ3n) is 9.39. The van der Waals surface area contributed by atoms with E-state index < -0.39 is 12.1 Å². The second kappa shape index (κ2) is 11.8. The van der Waals surface area contributed by atoms with Crippen molar-refractivity contribution in [2.24, 2.45) is 23.7 Å². The zero-order valence-corrected chi connectivity index (χ0v) is 28.0. The highest BCUT2D eigenvalue weighted by molar-refractivity contribution is 9.12. The van der Waals surface area contributed by atoms with Gasteiger partial charge in [-0.3, -0.25) is 19.3 Å². The summed E-state index contributed by atoms with van der Waals surface area (Å²) in [6.07, 6.45) is 0.211. The Morgan fingerprint density at radius 2 is 1.58 bits per heavy atom. The first kappa shape index (κ1) is 30.3. The van der Waals surface area contributed by atoms with Gasteiger partial charge in [-0.05, 0) is 48.9 Å². The van der Waals surface area contributed by atoms with Crippen LogP contribution in [-0.4, -0.2) is 44.3 Å². The molecule has 1 aromatic heterocycles. The molecule has 3 aromatic carbocycles. The Morgan fingerprint density at radius 1 is 0.933 bits per heavy atom. The van der Waals surface area contributed by atoms with Crippen LogP contribution in [0.15, 0.2) is 78.9 Å². The lowest BCUT2D eigenvalue weighted by molar-refractivity contribution is -0.123. The van der Waals surface area contributed by atoms with Crippen LogP contribution in [0.25, 0.3) is 22.2 Å². The number of ether oxygens (including phenoxy) is 1. The standard InChI is InChI=1S/C35H27Br2ClN2O5/c1-2-26(32(41)18-7-4-3-5-8-18)45-35(44)21-16-25(39-31-20(21)9-6-10-24(31)38)17-11-13-19(14-12-17)40-33(42)27-22-15-23(28(27)34(40)43)30(37)29(22)36/h3-14,16,22-23,26-30H,2,15H2,1H3. The number of alkyl halides is 2. The minimum absolute atomic E-state index is 0.130. The second-order valence-electron chi connectivity index (χ2n) is 11.8.